The summed E-state index contributed by atoms with van der Waals surface area (Å²) < 4.78 is 45.2. The number of rotatable bonds is 2. The van der Waals surface area contributed by atoms with E-state index in [0.29, 0.717) is 23.4 Å². The summed E-state index contributed by atoms with van der Waals surface area (Å²) in [5.74, 6) is -1.87. The Morgan fingerprint density at radius 3 is 2.70 bits per heavy atom. The Hall–Kier alpha value is -2.59. The lowest BCUT2D eigenvalue weighted by molar-refractivity contribution is -0.0789. The van der Waals surface area contributed by atoms with Gasteiger partial charge in [-0.15, -0.1) is 4.48 Å². The summed E-state index contributed by atoms with van der Waals surface area (Å²) in [7, 11) is 1.21. The number of nitrogens with one attached hydrogen (secondary N) is 1. The third-order valence-electron chi connectivity index (χ3n) is 5.79. The number of hydrogen-bond acceptors (Lipinski definition) is 6. The van der Waals surface area contributed by atoms with Crippen molar-refractivity contribution in [1.29, 1.82) is 0 Å². The van der Waals surface area contributed by atoms with E-state index in [1.165, 1.54) is 24.8 Å². The number of carbonyl (C=O) groups is 1. The summed E-state index contributed by atoms with van der Waals surface area (Å²) >= 11 is 0. The maximum atomic E-state index is 15.1. The number of benzene rings is 1. The van der Waals surface area contributed by atoms with Crippen LogP contribution >= 0.6 is 0 Å². The zero-order chi connectivity index (χ0) is 21.4. The fourth-order valence-corrected chi connectivity index (χ4v) is 4.43. The highest BCUT2D eigenvalue weighted by molar-refractivity contribution is 5.96. The number of fused-ring (bicyclic) bond motifs is 5. The molecule has 3 aliphatic rings. The minimum absolute atomic E-state index is 0.0577. The van der Waals surface area contributed by atoms with Crippen LogP contribution in [0.1, 0.15) is 47.6 Å². The SMILES string of the molecule is CNF.O=C(OF)c1cn(C2CC2)c2c3c(c(F)cc2c1=O)N1CCC[C@H]1COC3. The van der Waals surface area contributed by atoms with E-state index in [1.807, 2.05) is 4.90 Å². The van der Waals surface area contributed by atoms with Crippen molar-refractivity contribution in [2.24, 2.45) is 0 Å². The molecule has 0 unspecified atom stereocenters. The van der Waals surface area contributed by atoms with Gasteiger partial charge in [0.05, 0.1) is 30.5 Å². The Balaban J connectivity index is 0.000000687. The Kier molecular flexibility index (Phi) is 5.70. The number of hydrogen-bond donors (Lipinski definition) is 1. The quantitative estimate of drug-likeness (QED) is 0.746. The lowest BCUT2D eigenvalue weighted by atomic mass is 10.0. The first-order valence-electron chi connectivity index (χ1n) is 9.86. The molecule has 2 aromatic rings. The second-order valence-corrected chi connectivity index (χ2v) is 7.65. The average Bonchev–Trinajstić information content (AvgIpc) is 3.51. The van der Waals surface area contributed by atoms with Crippen LogP contribution in [-0.2, 0) is 16.3 Å². The van der Waals surface area contributed by atoms with Gasteiger partial charge in [0.1, 0.15) is 11.4 Å². The molecule has 1 aromatic heterocycles. The lowest BCUT2D eigenvalue weighted by Gasteiger charge is -2.27. The molecule has 1 N–H and O–H groups in total. The Labute approximate surface area is 170 Å². The zero-order valence-electron chi connectivity index (χ0n) is 16.4. The van der Waals surface area contributed by atoms with E-state index in [4.69, 9.17) is 4.74 Å². The minimum Gasteiger partial charge on any atom is -0.374 e. The smallest absolute Gasteiger partial charge is 0.374 e. The molecule has 1 aliphatic carbocycles. The van der Waals surface area contributed by atoms with E-state index in [-0.39, 0.29) is 24.1 Å². The molecule has 30 heavy (non-hydrogen) atoms. The topological polar surface area (TPSA) is 72.8 Å². The number of nitrogens with zero attached hydrogens (tertiary/aromatic N) is 2. The molecule has 3 heterocycles. The highest BCUT2D eigenvalue weighted by Gasteiger charge is 2.35. The van der Waals surface area contributed by atoms with Crippen molar-refractivity contribution in [3.8, 4) is 0 Å². The van der Waals surface area contributed by atoms with Crippen LogP contribution in [-0.4, -0.2) is 36.8 Å². The van der Waals surface area contributed by atoms with Crippen LogP contribution in [0.15, 0.2) is 17.1 Å². The van der Waals surface area contributed by atoms with Gasteiger partial charge in [0.2, 0.25) is 5.43 Å². The number of halogens is 3. The molecule has 2 fully saturated rings. The van der Waals surface area contributed by atoms with E-state index in [0.717, 1.165) is 32.2 Å². The monoisotopic (exact) mass is 425 g/mol. The summed E-state index contributed by atoms with van der Waals surface area (Å²) in [6, 6.07) is 1.39. The van der Waals surface area contributed by atoms with Crippen LogP contribution in [0, 0.1) is 5.82 Å². The van der Waals surface area contributed by atoms with E-state index in [2.05, 4.69) is 4.94 Å². The molecule has 5 rings (SSSR count). The molecule has 1 saturated carbocycles. The molecule has 0 spiro atoms. The van der Waals surface area contributed by atoms with Crippen LogP contribution in [0.25, 0.3) is 10.9 Å². The first kappa shape index (κ1) is 20.7. The molecule has 1 atom stereocenters. The largest absolute Gasteiger partial charge is 0.384 e. The third kappa shape index (κ3) is 3.43. The summed E-state index contributed by atoms with van der Waals surface area (Å²) in [6.45, 7) is 1.44. The second kappa shape index (κ2) is 8.27. The molecule has 10 heteroatoms. The van der Waals surface area contributed by atoms with Gasteiger partial charge in [-0.25, -0.2) is 14.1 Å². The Morgan fingerprint density at radius 1 is 1.30 bits per heavy atom. The maximum absolute atomic E-state index is 15.1. The van der Waals surface area contributed by atoms with Crippen molar-refractivity contribution in [3.05, 3.63) is 39.4 Å². The molecule has 2 aliphatic heterocycles. The van der Waals surface area contributed by atoms with Gasteiger partial charge in [-0.3, -0.25) is 4.79 Å². The van der Waals surface area contributed by atoms with Crippen molar-refractivity contribution in [3.63, 3.8) is 0 Å². The van der Waals surface area contributed by atoms with Gasteiger partial charge < -0.3 is 14.2 Å². The lowest BCUT2D eigenvalue weighted by Crippen LogP contribution is -2.32. The Bertz CT molecular complexity index is 1040. The first-order valence-corrected chi connectivity index (χ1v) is 9.86. The number of carbonyl (C=O) groups excluding carboxylic acids is 1. The van der Waals surface area contributed by atoms with Crippen LogP contribution in [0.5, 0.6) is 0 Å². The molecule has 1 saturated heterocycles. The van der Waals surface area contributed by atoms with E-state index in [1.54, 1.807) is 4.57 Å². The summed E-state index contributed by atoms with van der Waals surface area (Å²) in [5, 5.41) is 0.0577. The standard InChI is InChI=1S/C19H18F2N2O4.CH4FN/c20-15-6-12-16(14-9-26-8-11-2-1-5-22(11)17(14)15)23(10-3-4-10)7-13(18(12)24)19(25)27-21;1-3-2/h6-7,10-11H,1-5,8-9H2;3H,1H3/t11-;/m0./s1. The summed E-state index contributed by atoms with van der Waals surface area (Å²) in [6.07, 6.45) is 4.99. The zero-order valence-corrected chi connectivity index (χ0v) is 16.4. The van der Waals surface area contributed by atoms with E-state index < -0.39 is 22.8 Å². The molecule has 1 aromatic carbocycles. The predicted octanol–water partition coefficient (Wildman–Crippen LogP) is 3.11. The number of pyridine rings is 1. The van der Waals surface area contributed by atoms with E-state index >= 15 is 4.39 Å². The van der Waals surface area contributed by atoms with Crippen molar-refractivity contribution in [2.45, 2.75) is 44.4 Å². The van der Waals surface area contributed by atoms with E-state index in [9.17, 15) is 18.6 Å². The van der Waals surface area contributed by atoms with Crippen molar-refractivity contribution in [1.82, 2.24) is 10.1 Å². The highest BCUT2D eigenvalue weighted by atomic mass is 19.3. The molecule has 7 nitrogen and oxygen atoms in total. The van der Waals surface area contributed by atoms with Crippen LogP contribution in [0.2, 0.25) is 0 Å². The van der Waals surface area contributed by atoms with Gasteiger partial charge >= 0.3 is 5.97 Å². The fraction of sp³-hybridized carbons (Fsp3) is 0.500. The van der Waals surface area contributed by atoms with Gasteiger partial charge in [0, 0.05) is 41.3 Å². The fourth-order valence-electron chi connectivity index (χ4n) is 4.43. The molecule has 162 valence electrons. The molecule has 0 radical (unpaired) electrons. The van der Waals surface area contributed by atoms with Crippen molar-refractivity contribution < 1.29 is 27.9 Å². The van der Waals surface area contributed by atoms with Gasteiger partial charge in [0.15, 0.2) is 0 Å². The maximum Gasteiger partial charge on any atom is 0.384 e. The van der Waals surface area contributed by atoms with Crippen LogP contribution < -0.4 is 15.9 Å². The second-order valence-electron chi connectivity index (χ2n) is 7.65. The van der Waals surface area contributed by atoms with Gasteiger partial charge in [0.25, 0.3) is 0 Å². The third-order valence-corrected chi connectivity index (χ3v) is 5.79. The molecule has 0 amide bonds. The van der Waals surface area contributed by atoms with Gasteiger partial charge in [-0.1, -0.05) is 0 Å². The first-order chi connectivity index (χ1) is 14.5. The minimum atomic E-state index is -1.36. The molecular weight excluding hydrogens is 403 g/mol. The van der Waals surface area contributed by atoms with Gasteiger partial charge in [-0.2, -0.15) is 5.54 Å². The normalized spacial score (nSPS) is 20.1. The summed E-state index contributed by atoms with van der Waals surface area (Å²) in [5.41, 5.74) is 1.77. The Morgan fingerprint density at radius 2 is 2.03 bits per heavy atom. The van der Waals surface area contributed by atoms with Gasteiger partial charge in [-0.05, 0) is 31.7 Å². The molecular formula is C20H22F3N3O4. The van der Waals surface area contributed by atoms with Crippen LogP contribution in [0.4, 0.5) is 19.1 Å². The number of anilines is 1. The predicted molar refractivity (Wildman–Crippen MR) is 103 cm³/mol. The number of aromatic nitrogens is 1. The average molecular weight is 425 g/mol. The number of ether oxygens (including phenoxy) is 1. The van der Waals surface area contributed by atoms with Crippen molar-refractivity contribution in [2.75, 3.05) is 25.1 Å². The summed E-state index contributed by atoms with van der Waals surface area (Å²) in [4.78, 5) is 29.8. The molecule has 0 bridgehead atoms. The van der Waals surface area contributed by atoms with Crippen molar-refractivity contribution >= 4 is 22.6 Å². The van der Waals surface area contributed by atoms with Crippen LogP contribution in [0.3, 0.4) is 0 Å². The highest BCUT2D eigenvalue weighted by Crippen LogP contribution is 2.42.